The number of nitrogen functional groups attached to an aromatic ring is 1. The van der Waals surface area contributed by atoms with Gasteiger partial charge in [-0.1, -0.05) is 12.1 Å². The van der Waals surface area contributed by atoms with Gasteiger partial charge in [-0.05, 0) is 19.1 Å². The predicted octanol–water partition coefficient (Wildman–Crippen LogP) is 1.80. The molecule has 0 atom stereocenters. The maximum atomic E-state index is 10.9. The van der Waals surface area contributed by atoms with E-state index in [0.717, 1.165) is 10.9 Å². The first kappa shape index (κ1) is 14.4. The van der Waals surface area contributed by atoms with E-state index in [9.17, 15) is 4.79 Å². The van der Waals surface area contributed by atoms with Gasteiger partial charge in [0.15, 0.2) is 5.82 Å². The highest BCUT2D eigenvalue weighted by Gasteiger charge is 2.04. The van der Waals surface area contributed by atoms with Crippen LogP contribution in [0.4, 0.5) is 5.82 Å². The summed E-state index contributed by atoms with van der Waals surface area (Å²) in [6.07, 6.45) is 4.21. The Labute approximate surface area is 121 Å². The van der Waals surface area contributed by atoms with Gasteiger partial charge >= 0.3 is 5.97 Å². The SMILES string of the molecule is CCOC(=O)c1cncnc1.Nc1n[nH]c2ccccc12. The van der Waals surface area contributed by atoms with Crippen LogP contribution in [0, 0.1) is 0 Å². The molecule has 1 aromatic carbocycles. The number of nitrogens with two attached hydrogens (primary N) is 1. The zero-order valence-electron chi connectivity index (χ0n) is 11.5. The molecule has 3 rings (SSSR count). The minimum atomic E-state index is -0.381. The minimum absolute atomic E-state index is 0.369. The number of carbonyl (C=O) groups is 1. The topological polar surface area (TPSA) is 107 Å². The zero-order valence-corrected chi connectivity index (χ0v) is 11.5. The first-order chi connectivity index (χ1) is 10.2. The summed E-state index contributed by atoms with van der Waals surface area (Å²) in [5, 5.41) is 7.65. The fourth-order valence-electron chi connectivity index (χ4n) is 1.60. The van der Waals surface area contributed by atoms with Crippen LogP contribution in [0.5, 0.6) is 0 Å². The Morgan fingerprint density at radius 1 is 1.29 bits per heavy atom. The Bertz CT molecular complexity index is 711. The molecular weight excluding hydrogens is 270 g/mol. The number of aromatic nitrogens is 4. The first-order valence-electron chi connectivity index (χ1n) is 6.33. The van der Waals surface area contributed by atoms with Gasteiger partial charge in [0.05, 0.1) is 17.7 Å². The molecule has 3 aromatic rings. The Hall–Kier alpha value is -2.96. The standard InChI is InChI=1S/C7H7N3.C7H8N2O2/c8-7-5-3-1-2-4-6(5)9-10-7;1-2-11-7(10)6-3-8-5-9-4-6/h1-4H,(H3,8,9,10);3-5H,2H2,1H3. The highest BCUT2D eigenvalue weighted by molar-refractivity contribution is 5.88. The van der Waals surface area contributed by atoms with Crippen molar-refractivity contribution in [3.8, 4) is 0 Å². The molecule has 0 saturated carbocycles. The van der Waals surface area contributed by atoms with E-state index in [1.807, 2.05) is 24.3 Å². The molecule has 0 spiro atoms. The van der Waals surface area contributed by atoms with Crippen LogP contribution in [-0.4, -0.2) is 32.7 Å². The van der Waals surface area contributed by atoms with Crippen LogP contribution in [0.25, 0.3) is 10.9 Å². The number of nitrogens with zero attached hydrogens (tertiary/aromatic N) is 3. The third-order valence-corrected chi connectivity index (χ3v) is 2.57. The molecule has 0 fully saturated rings. The summed E-state index contributed by atoms with van der Waals surface area (Å²) in [4.78, 5) is 18.3. The molecule has 0 aliphatic carbocycles. The number of hydrogen-bond acceptors (Lipinski definition) is 6. The van der Waals surface area contributed by atoms with Crippen molar-refractivity contribution in [2.24, 2.45) is 0 Å². The second-order valence-corrected chi connectivity index (χ2v) is 4.00. The van der Waals surface area contributed by atoms with E-state index in [2.05, 4.69) is 20.2 Å². The van der Waals surface area contributed by atoms with Crippen LogP contribution < -0.4 is 5.73 Å². The van der Waals surface area contributed by atoms with E-state index >= 15 is 0 Å². The second-order valence-electron chi connectivity index (χ2n) is 4.00. The molecule has 0 bridgehead atoms. The first-order valence-corrected chi connectivity index (χ1v) is 6.33. The molecule has 3 N–H and O–H groups in total. The normalized spacial score (nSPS) is 9.76. The Morgan fingerprint density at radius 2 is 2.00 bits per heavy atom. The number of H-pyrrole nitrogens is 1. The van der Waals surface area contributed by atoms with Crippen molar-refractivity contribution < 1.29 is 9.53 Å². The maximum Gasteiger partial charge on any atom is 0.341 e. The molecule has 2 aromatic heterocycles. The van der Waals surface area contributed by atoms with Crippen molar-refractivity contribution in [2.75, 3.05) is 12.3 Å². The van der Waals surface area contributed by atoms with Gasteiger partial charge in [-0.15, -0.1) is 0 Å². The van der Waals surface area contributed by atoms with Crippen molar-refractivity contribution in [1.29, 1.82) is 0 Å². The van der Waals surface area contributed by atoms with Crippen molar-refractivity contribution in [1.82, 2.24) is 20.2 Å². The lowest BCUT2D eigenvalue weighted by Gasteiger charge is -1.98. The summed E-state index contributed by atoms with van der Waals surface area (Å²) in [5.74, 6) is 0.184. The lowest BCUT2D eigenvalue weighted by Crippen LogP contribution is -2.04. The quantitative estimate of drug-likeness (QED) is 0.695. The Balaban J connectivity index is 0.000000154. The number of ether oxygens (including phenoxy) is 1. The van der Waals surface area contributed by atoms with Gasteiger partial charge in [-0.2, -0.15) is 5.10 Å². The average molecular weight is 285 g/mol. The number of hydrogen-bond donors (Lipinski definition) is 2. The summed E-state index contributed by atoms with van der Waals surface area (Å²) in [5.41, 5.74) is 6.90. The van der Waals surface area contributed by atoms with E-state index in [1.165, 1.54) is 18.7 Å². The molecule has 7 heteroatoms. The van der Waals surface area contributed by atoms with Crippen molar-refractivity contribution in [2.45, 2.75) is 6.92 Å². The Kier molecular flexibility index (Phi) is 4.81. The van der Waals surface area contributed by atoms with Crippen LogP contribution in [0.3, 0.4) is 0 Å². The number of nitrogens with one attached hydrogen (secondary N) is 1. The molecule has 0 saturated heterocycles. The van der Waals surface area contributed by atoms with Crippen LogP contribution in [0.1, 0.15) is 17.3 Å². The van der Waals surface area contributed by atoms with Gasteiger partial charge in [0, 0.05) is 17.8 Å². The number of anilines is 1. The van der Waals surface area contributed by atoms with Gasteiger partial charge < -0.3 is 10.5 Å². The van der Waals surface area contributed by atoms with Gasteiger partial charge in [0.25, 0.3) is 0 Å². The van der Waals surface area contributed by atoms with Crippen LogP contribution in [0.15, 0.2) is 43.0 Å². The van der Waals surface area contributed by atoms with E-state index in [-0.39, 0.29) is 5.97 Å². The van der Waals surface area contributed by atoms with Crippen LogP contribution in [0.2, 0.25) is 0 Å². The number of carbonyl (C=O) groups excluding carboxylic acids is 1. The van der Waals surface area contributed by atoms with E-state index in [4.69, 9.17) is 10.5 Å². The number of benzene rings is 1. The van der Waals surface area contributed by atoms with Gasteiger partial charge in [0.2, 0.25) is 0 Å². The number of esters is 1. The molecular formula is C14H15N5O2. The second kappa shape index (κ2) is 6.99. The number of aromatic amines is 1. The van der Waals surface area contributed by atoms with E-state index in [0.29, 0.717) is 18.0 Å². The molecule has 7 nitrogen and oxygen atoms in total. The molecule has 0 aliphatic heterocycles. The Morgan fingerprint density at radius 3 is 2.67 bits per heavy atom. The van der Waals surface area contributed by atoms with Crippen molar-refractivity contribution in [3.63, 3.8) is 0 Å². The van der Waals surface area contributed by atoms with Gasteiger partial charge in [-0.25, -0.2) is 14.8 Å². The summed E-state index contributed by atoms with van der Waals surface area (Å²) < 4.78 is 4.71. The van der Waals surface area contributed by atoms with Crippen LogP contribution in [-0.2, 0) is 4.74 Å². The highest BCUT2D eigenvalue weighted by Crippen LogP contribution is 2.15. The van der Waals surface area contributed by atoms with E-state index in [1.54, 1.807) is 6.92 Å². The summed E-state index contributed by atoms with van der Waals surface area (Å²) >= 11 is 0. The zero-order chi connectivity index (χ0) is 15.1. The molecule has 21 heavy (non-hydrogen) atoms. The molecule has 2 heterocycles. The smallest absolute Gasteiger partial charge is 0.341 e. The summed E-state index contributed by atoms with van der Waals surface area (Å²) in [6.45, 7) is 2.12. The summed E-state index contributed by atoms with van der Waals surface area (Å²) in [7, 11) is 0. The van der Waals surface area contributed by atoms with Crippen LogP contribution >= 0.6 is 0 Å². The summed E-state index contributed by atoms with van der Waals surface area (Å²) in [6, 6.07) is 7.76. The maximum absolute atomic E-state index is 10.9. The van der Waals surface area contributed by atoms with Gasteiger partial charge in [0.1, 0.15) is 6.33 Å². The molecule has 0 aliphatic rings. The highest BCUT2D eigenvalue weighted by atomic mass is 16.5. The third kappa shape index (κ3) is 3.75. The van der Waals surface area contributed by atoms with Crippen molar-refractivity contribution >= 4 is 22.7 Å². The number of para-hydroxylation sites is 1. The average Bonchev–Trinajstić information content (AvgIpc) is 2.91. The minimum Gasteiger partial charge on any atom is -0.462 e. The molecule has 108 valence electrons. The number of fused-ring (bicyclic) bond motifs is 1. The molecule has 0 radical (unpaired) electrons. The van der Waals surface area contributed by atoms with Gasteiger partial charge in [-0.3, -0.25) is 5.10 Å². The lowest BCUT2D eigenvalue weighted by molar-refractivity contribution is 0.0525. The number of rotatable bonds is 2. The monoisotopic (exact) mass is 285 g/mol. The fourth-order valence-corrected chi connectivity index (χ4v) is 1.60. The fraction of sp³-hybridized carbons (Fsp3) is 0.143. The largest absolute Gasteiger partial charge is 0.462 e. The van der Waals surface area contributed by atoms with E-state index < -0.39 is 0 Å². The molecule has 0 amide bonds. The molecule has 0 unspecified atom stereocenters. The predicted molar refractivity (Wildman–Crippen MR) is 78.5 cm³/mol. The lowest BCUT2D eigenvalue weighted by atomic mass is 10.2. The van der Waals surface area contributed by atoms with Crippen molar-refractivity contribution in [3.05, 3.63) is 48.5 Å². The third-order valence-electron chi connectivity index (χ3n) is 2.57.